The number of H-pyrrole nitrogens is 1. The number of rotatable bonds is 5. The Balaban J connectivity index is 1.60. The van der Waals surface area contributed by atoms with E-state index >= 15 is 0 Å². The molecule has 0 spiro atoms. The predicted molar refractivity (Wildman–Crippen MR) is 99.9 cm³/mol. The van der Waals surface area contributed by atoms with Crippen LogP contribution in [0.25, 0.3) is 10.9 Å². The number of para-hydroxylation sites is 1. The van der Waals surface area contributed by atoms with Gasteiger partial charge in [0.05, 0.1) is 0 Å². The van der Waals surface area contributed by atoms with Crippen LogP contribution >= 0.6 is 0 Å². The van der Waals surface area contributed by atoms with E-state index in [2.05, 4.69) is 39.1 Å². The number of amides is 3. The Morgan fingerprint density at radius 2 is 1.88 bits per heavy atom. The third-order valence-electron chi connectivity index (χ3n) is 4.77. The van der Waals surface area contributed by atoms with Gasteiger partial charge < -0.3 is 20.9 Å². The van der Waals surface area contributed by atoms with Crippen LogP contribution in [0.2, 0.25) is 0 Å². The SMILES string of the molecule is O=C1NC[C@@H](C(=O)NC[C@H](c2ccccc2)c2c[nH]c3ccccc23)N1. The molecule has 3 amide bonds. The number of fused-ring (bicyclic) bond motifs is 1. The smallest absolute Gasteiger partial charge is 0.315 e. The summed E-state index contributed by atoms with van der Waals surface area (Å²) in [5, 5.41) is 9.35. The number of nitrogens with one attached hydrogen (secondary N) is 4. The summed E-state index contributed by atoms with van der Waals surface area (Å²) in [6, 6.07) is 17.4. The molecule has 4 rings (SSSR count). The largest absolute Gasteiger partial charge is 0.361 e. The second-order valence-corrected chi connectivity index (χ2v) is 6.40. The average molecular weight is 348 g/mol. The fourth-order valence-electron chi connectivity index (χ4n) is 3.41. The molecule has 3 aromatic rings. The molecule has 26 heavy (non-hydrogen) atoms. The molecular weight excluding hydrogens is 328 g/mol. The van der Waals surface area contributed by atoms with Gasteiger partial charge in [0.15, 0.2) is 0 Å². The molecular formula is C20H20N4O2. The summed E-state index contributed by atoms with van der Waals surface area (Å²) in [5.74, 6) is -0.162. The highest BCUT2D eigenvalue weighted by molar-refractivity contribution is 5.90. The third-order valence-corrected chi connectivity index (χ3v) is 4.77. The van der Waals surface area contributed by atoms with Crippen molar-refractivity contribution < 1.29 is 9.59 Å². The summed E-state index contributed by atoms with van der Waals surface area (Å²) in [6.07, 6.45) is 2.01. The minimum Gasteiger partial charge on any atom is -0.361 e. The van der Waals surface area contributed by atoms with Gasteiger partial charge in [0, 0.05) is 36.1 Å². The summed E-state index contributed by atoms with van der Waals surface area (Å²) < 4.78 is 0. The fourth-order valence-corrected chi connectivity index (χ4v) is 3.41. The first-order valence-corrected chi connectivity index (χ1v) is 8.65. The first-order valence-electron chi connectivity index (χ1n) is 8.65. The van der Waals surface area contributed by atoms with E-state index in [1.807, 2.05) is 42.6 Å². The molecule has 1 fully saturated rings. The Morgan fingerprint density at radius 3 is 2.65 bits per heavy atom. The van der Waals surface area contributed by atoms with Gasteiger partial charge >= 0.3 is 6.03 Å². The van der Waals surface area contributed by atoms with E-state index in [4.69, 9.17) is 0 Å². The highest BCUT2D eigenvalue weighted by atomic mass is 16.2. The number of aromatic nitrogens is 1. The van der Waals surface area contributed by atoms with Crippen LogP contribution in [0.5, 0.6) is 0 Å². The van der Waals surface area contributed by atoms with Gasteiger partial charge in [0.1, 0.15) is 6.04 Å². The highest BCUT2D eigenvalue weighted by Gasteiger charge is 2.27. The van der Waals surface area contributed by atoms with E-state index in [1.165, 1.54) is 0 Å². The lowest BCUT2D eigenvalue weighted by molar-refractivity contribution is -0.122. The van der Waals surface area contributed by atoms with Crippen LogP contribution in [0.4, 0.5) is 4.79 Å². The Morgan fingerprint density at radius 1 is 1.12 bits per heavy atom. The Labute approximate surface area is 151 Å². The molecule has 6 heteroatoms. The van der Waals surface area contributed by atoms with Crippen LogP contribution in [0.15, 0.2) is 60.8 Å². The van der Waals surface area contributed by atoms with Gasteiger partial charge in [0.2, 0.25) is 5.91 Å². The van der Waals surface area contributed by atoms with E-state index in [1.54, 1.807) is 0 Å². The maximum atomic E-state index is 12.4. The molecule has 2 aromatic carbocycles. The average Bonchev–Trinajstić information content (AvgIpc) is 3.29. The number of urea groups is 1. The van der Waals surface area contributed by atoms with Crippen molar-refractivity contribution in [3.05, 3.63) is 71.9 Å². The van der Waals surface area contributed by atoms with E-state index in [-0.39, 0.29) is 17.9 Å². The monoisotopic (exact) mass is 348 g/mol. The molecule has 0 unspecified atom stereocenters. The molecule has 1 aliphatic rings. The lowest BCUT2D eigenvalue weighted by atomic mass is 9.91. The highest BCUT2D eigenvalue weighted by Crippen LogP contribution is 2.30. The zero-order valence-corrected chi connectivity index (χ0v) is 14.2. The standard InChI is InChI=1S/C20H20N4O2/c25-19(18-12-23-20(26)24-18)22-10-15(13-6-2-1-3-7-13)16-11-21-17-9-5-4-8-14(16)17/h1-9,11,15,18,21H,10,12H2,(H,22,25)(H2,23,24,26)/t15-,18+/m1/s1. The van der Waals surface area contributed by atoms with Crippen molar-refractivity contribution in [3.63, 3.8) is 0 Å². The number of benzene rings is 2. The molecule has 0 bridgehead atoms. The summed E-state index contributed by atoms with van der Waals surface area (Å²) >= 11 is 0. The minimum absolute atomic E-state index is 0.0152. The molecule has 1 saturated heterocycles. The molecule has 132 valence electrons. The summed E-state index contributed by atoms with van der Waals surface area (Å²) in [6.45, 7) is 0.769. The summed E-state index contributed by atoms with van der Waals surface area (Å²) in [7, 11) is 0. The topological polar surface area (TPSA) is 86.0 Å². The van der Waals surface area contributed by atoms with Crippen molar-refractivity contribution in [1.82, 2.24) is 20.9 Å². The van der Waals surface area contributed by atoms with Crippen molar-refractivity contribution in [2.75, 3.05) is 13.1 Å². The lowest BCUT2D eigenvalue weighted by Crippen LogP contribution is -2.44. The van der Waals surface area contributed by atoms with Crippen molar-refractivity contribution in [2.45, 2.75) is 12.0 Å². The molecule has 4 N–H and O–H groups in total. The van der Waals surface area contributed by atoms with Crippen LogP contribution in [-0.4, -0.2) is 36.1 Å². The number of aromatic amines is 1. The first kappa shape index (κ1) is 16.2. The normalized spacial score (nSPS) is 17.5. The molecule has 2 atom stereocenters. The van der Waals surface area contributed by atoms with Gasteiger partial charge in [-0.15, -0.1) is 0 Å². The number of hydrogen-bond donors (Lipinski definition) is 4. The molecule has 6 nitrogen and oxygen atoms in total. The molecule has 2 heterocycles. The molecule has 1 aromatic heterocycles. The fraction of sp³-hybridized carbons (Fsp3) is 0.200. The van der Waals surface area contributed by atoms with Gasteiger partial charge in [-0.3, -0.25) is 4.79 Å². The second-order valence-electron chi connectivity index (χ2n) is 6.40. The zero-order valence-electron chi connectivity index (χ0n) is 14.2. The third kappa shape index (κ3) is 3.13. The van der Waals surface area contributed by atoms with E-state index < -0.39 is 6.04 Å². The van der Waals surface area contributed by atoms with Gasteiger partial charge in [-0.1, -0.05) is 48.5 Å². The summed E-state index contributed by atoms with van der Waals surface area (Å²) in [5.41, 5.74) is 3.34. The minimum atomic E-state index is -0.526. The summed E-state index contributed by atoms with van der Waals surface area (Å²) in [4.78, 5) is 26.9. The molecule has 0 aliphatic carbocycles. The van der Waals surface area contributed by atoms with Crippen molar-refractivity contribution >= 4 is 22.8 Å². The number of carbonyl (C=O) groups is 2. The van der Waals surface area contributed by atoms with Crippen LogP contribution in [0.3, 0.4) is 0 Å². The Kier molecular flexibility index (Phi) is 4.31. The van der Waals surface area contributed by atoms with Crippen LogP contribution in [0, 0.1) is 0 Å². The van der Waals surface area contributed by atoms with Crippen LogP contribution in [0.1, 0.15) is 17.0 Å². The first-order chi connectivity index (χ1) is 12.7. The van der Waals surface area contributed by atoms with Crippen molar-refractivity contribution in [1.29, 1.82) is 0 Å². The van der Waals surface area contributed by atoms with Crippen LogP contribution in [-0.2, 0) is 4.79 Å². The van der Waals surface area contributed by atoms with Crippen molar-refractivity contribution in [3.8, 4) is 0 Å². The number of carbonyl (C=O) groups excluding carboxylic acids is 2. The van der Waals surface area contributed by atoms with Gasteiger partial charge in [-0.05, 0) is 17.2 Å². The Bertz CT molecular complexity index is 935. The van der Waals surface area contributed by atoms with Gasteiger partial charge in [0.25, 0.3) is 0 Å². The molecule has 0 radical (unpaired) electrons. The van der Waals surface area contributed by atoms with E-state index in [0.717, 1.165) is 22.0 Å². The zero-order chi connectivity index (χ0) is 17.9. The van der Waals surface area contributed by atoms with E-state index in [9.17, 15) is 9.59 Å². The number of hydrogen-bond acceptors (Lipinski definition) is 2. The predicted octanol–water partition coefficient (Wildman–Crippen LogP) is 2.10. The van der Waals surface area contributed by atoms with Gasteiger partial charge in [-0.25, -0.2) is 4.79 Å². The lowest BCUT2D eigenvalue weighted by Gasteiger charge is -2.19. The molecule has 1 aliphatic heterocycles. The second kappa shape index (κ2) is 6.92. The molecule has 0 saturated carbocycles. The van der Waals surface area contributed by atoms with Crippen LogP contribution < -0.4 is 16.0 Å². The van der Waals surface area contributed by atoms with Gasteiger partial charge in [-0.2, -0.15) is 0 Å². The maximum Gasteiger partial charge on any atom is 0.315 e. The van der Waals surface area contributed by atoms with E-state index in [0.29, 0.717) is 13.1 Å². The van der Waals surface area contributed by atoms with Crippen molar-refractivity contribution in [2.24, 2.45) is 0 Å². The maximum absolute atomic E-state index is 12.4. The Hall–Kier alpha value is -3.28. The quantitative estimate of drug-likeness (QED) is 0.569.